The summed E-state index contributed by atoms with van der Waals surface area (Å²) >= 11 is 1.31. The van der Waals surface area contributed by atoms with Gasteiger partial charge in [-0.1, -0.05) is 23.9 Å². The van der Waals surface area contributed by atoms with Crippen molar-refractivity contribution >= 4 is 11.8 Å². The molecule has 0 aliphatic carbocycles. The van der Waals surface area contributed by atoms with Gasteiger partial charge in [-0.2, -0.15) is 0 Å². The zero-order chi connectivity index (χ0) is 14.5. The first-order valence-electron chi connectivity index (χ1n) is 6.11. The molecule has 0 radical (unpaired) electrons. The highest BCUT2D eigenvalue weighted by Gasteiger charge is 2.10. The molecule has 0 bridgehead atoms. The molecule has 1 aromatic carbocycles. The number of aliphatic hydroxyl groups is 1. The van der Waals surface area contributed by atoms with Crippen molar-refractivity contribution in [1.29, 1.82) is 0 Å². The van der Waals surface area contributed by atoms with Crippen LogP contribution in [0.2, 0.25) is 0 Å². The Balaban J connectivity index is 2.04. The van der Waals surface area contributed by atoms with Crippen LogP contribution in [0.1, 0.15) is 17.4 Å². The van der Waals surface area contributed by atoms with Gasteiger partial charge in [0.2, 0.25) is 0 Å². The number of ether oxygens (including phenoxy) is 1. The first-order valence-corrected chi connectivity index (χ1v) is 7.10. The van der Waals surface area contributed by atoms with Crippen molar-refractivity contribution in [3.63, 3.8) is 0 Å². The molecule has 1 atom stereocenters. The Bertz CT molecular complexity index is 642. The first kappa shape index (κ1) is 14.6. The highest BCUT2D eigenvalue weighted by atomic mass is 32.2. The molecule has 0 saturated carbocycles. The SMILES string of the molecule is COc1cccc(C(O)CSc2nc(C)cc(=O)[nH]2)c1. The van der Waals surface area contributed by atoms with Crippen LogP contribution in [0.5, 0.6) is 5.75 Å². The number of hydrogen-bond donors (Lipinski definition) is 2. The van der Waals surface area contributed by atoms with Gasteiger partial charge in [0, 0.05) is 17.5 Å². The Labute approximate surface area is 121 Å². The van der Waals surface area contributed by atoms with E-state index in [0.717, 1.165) is 5.56 Å². The normalized spacial score (nSPS) is 12.2. The smallest absolute Gasteiger partial charge is 0.251 e. The summed E-state index contributed by atoms with van der Waals surface area (Å²) in [7, 11) is 1.58. The Hall–Kier alpha value is -1.79. The van der Waals surface area contributed by atoms with Crippen LogP contribution < -0.4 is 10.3 Å². The molecule has 0 saturated heterocycles. The predicted molar refractivity (Wildman–Crippen MR) is 78.3 cm³/mol. The topological polar surface area (TPSA) is 75.2 Å². The minimum atomic E-state index is -0.652. The van der Waals surface area contributed by atoms with Gasteiger partial charge in [0.25, 0.3) is 5.56 Å². The summed E-state index contributed by atoms with van der Waals surface area (Å²) < 4.78 is 5.12. The summed E-state index contributed by atoms with van der Waals surface area (Å²) in [6, 6.07) is 8.71. The molecule has 6 heteroatoms. The molecule has 0 amide bonds. The monoisotopic (exact) mass is 292 g/mol. The summed E-state index contributed by atoms with van der Waals surface area (Å²) in [4.78, 5) is 18.2. The molecule has 0 aliphatic heterocycles. The third-order valence-corrected chi connectivity index (χ3v) is 3.65. The Kier molecular flexibility index (Phi) is 4.81. The lowest BCUT2D eigenvalue weighted by Gasteiger charge is -2.11. The molecular weight excluding hydrogens is 276 g/mol. The van der Waals surface area contributed by atoms with Gasteiger partial charge in [-0.25, -0.2) is 4.98 Å². The van der Waals surface area contributed by atoms with Crippen LogP contribution in [0.15, 0.2) is 40.3 Å². The second kappa shape index (κ2) is 6.58. The van der Waals surface area contributed by atoms with Gasteiger partial charge < -0.3 is 14.8 Å². The van der Waals surface area contributed by atoms with E-state index in [1.54, 1.807) is 20.1 Å². The molecule has 20 heavy (non-hydrogen) atoms. The maximum Gasteiger partial charge on any atom is 0.251 e. The summed E-state index contributed by atoms with van der Waals surface area (Å²) in [6.07, 6.45) is -0.652. The van der Waals surface area contributed by atoms with E-state index in [2.05, 4.69) is 9.97 Å². The number of methoxy groups -OCH3 is 1. The van der Waals surface area contributed by atoms with E-state index in [9.17, 15) is 9.90 Å². The second-order valence-electron chi connectivity index (χ2n) is 4.30. The fourth-order valence-corrected chi connectivity index (χ4v) is 2.61. The van der Waals surface area contributed by atoms with Gasteiger partial charge in [0.1, 0.15) is 5.75 Å². The number of H-pyrrole nitrogens is 1. The van der Waals surface area contributed by atoms with Crippen molar-refractivity contribution in [2.75, 3.05) is 12.9 Å². The van der Waals surface area contributed by atoms with Gasteiger partial charge in [-0.3, -0.25) is 4.79 Å². The van der Waals surface area contributed by atoms with Crippen molar-refractivity contribution in [3.8, 4) is 5.75 Å². The number of aromatic nitrogens is 2. The van der Waals surface area contributed by atoms with Crippen LogP contribution in [0.25, 0.3) is 0 Å². The number of aryl methyl sites for hydroxylation is 1. The summed E-state index contributed by atoms with van der Waals surface area (Å²) in [5.74, 6) is 1.10. The third-order valence-electron chi connectivity index (χ3n) is 2.70. The van der Waals surface area contributed by atoms with Gasteiger partial charge in [0.15, 0.2) is 5.16 Å². The predicted octanol–water partition coefficient (Wildman–Crippen LogP) is 1.91. The zero-order valence-corrected chi connectivity index (χ0v) is 12.1. The molecule has 0 spiro atoms. The average Bonchev–Trinajstić information content (AvgIpc) is 2.44. The number of aromatic amines is 1. The molecule has 2 aromatic rings. The number of thioether (sulfide) groups is 1. The molecule has 1 heterocycles. The molecule has 1 unspecified atom stereocenters. The quantitative estimate of drug-likeness (QED) is 0.650. The van der Waals surface area contributed by atoms with Crippen LogP contribution >= 0.6 is 11.8 Å². The van der Waals surface area contributed by atoms with Gasteiger partial charge >= 0.3 is 0 Å². The molecule has 0 fully saturated rings. The first-order chi connectivity index (χ1) is 9.58. The summed E-state index contributed by atoms with van der Waals surface area (Å²) in [6.45, 7) is 1.76. The van der Waals surface area contributed by atoms with Crippen molar-refractivity contribution in [2.45, 2.75) is 18.2 Å². The van der Waals surface area contributed by atoms with Crippen LogP contribution in [0.3, 0.4) is 0 Å². The maximum absolute atomic E-state index is 11.3. The van der Waals surface area contributed by atoms with E-state index in [1.807, 2.05) is 18.2 Å². The number of nitrogens with zero attached hydrogens (tertiary/aromatic N) is 1. The van der Waals surface area contributed by atoms with Crippen molar-refractivity contribution in [2.24, 2.45) is 0 Å². The highest BCUT2D eigenvalue weighted by molar-refractivity contribution is 7.99. The molecule has 0 aliphatic rings. The maximum atomic E-state index is 11.3. The largest absolute Gasteiger partial charge is 0.497 e. The molecule has 106 valence electrons. The highest BCUT2D eigenvalue weighted by Crippen LogP contribution is 2.24. The second-order valence-corrected chi connectivity index (χ2v) is 5.30. The molecule has 1 aromatic heterocycles. The van der Waals surface area contributed by atoms with E-state index < -0.39 is 6.10 Å². The standard InChI is InChI=1S/C14H16N2O3S/c1-9-6-13(18)16-14(15-9)20-8-12(17)10-4-3-5-11(7-10)19-2/h3-7,12,17H,8H2,1-2H3,(H,15,16,18). The number of aliphatic hydroxyl groups excluding tert-OH is 1. The number of rotatable bonds is 5. The molecular formula is C14H16N2O3S. The van der Waals surface area contributed by atoms with E-state index in [-0.39, 0.29) is 5.56 Å². The van der Waals surface area contributed by atoms with Crippen molar-refractivity contribution in [1.82, 2.24) is 9.97 Å². The van der Waals surface area contributed by atoms with E-state index in [1.165, 1.54) is 17.8 Å². The van der Waals surface area contributed by atoms with Gasteiger partial charge in [-0.05, 0) is 24.6 Å². The fraction of sp³-hybridized carbons (Fsp3) is 0.286. The van der Waals surface area contributed by atoms with Crippen molar-refractivity contribution < 1.29 is 9.84 Å². The van der Waals surface area contributed by atoms with Crippen LogP contribution in [0, 0.1) is 6.92 Å². The molecule has 2 rings (SSSR count). The Morgan fingerprint density at radius 1 is 1.45 bits per heavy atom. The summed E-state index contributed by atoms with van der Waals surface area (Å²) in [5, 5.41) is 10.7. The number of nitrogens with one attached hydrogen (secondary N) is 1. The number of benzene rings is 1. The van der Waals surface area contributed by atoms with Crippen LogP contribution in [-0.2, 0) is 0 Å². The minimum absolute atomic E-state index is 0.184. The third kappa shape index (κ3) is 3.85. The minimum Gasteiger partial charge on any atom is -0.497 e. The van der Waals surface area contributed by atoms with Crippen molar-refractivity contribution in [3.05, 3.63) is 51.9 Å². The van der Waals surface area contributed by atoms with E-state index in [0.29, 0.717) is 22.4 Å². The fourth-order valence-electron chi connectivity index (χ4n) is 1.72. The lowest BCUT2D eigenvalue weighted by atomic mass is 10.1. The molecule has 5 nitrogen and oxygen atoms in total. The van der Waals surface area contributed by atoms with Crippen LogP contribution in [-0.4, -0.2) is 27.9 Å². The Morgan fingerprint density at radius 2 is 2.25 bits per heavy atom. The van der Waals surface area contributed by atoms with Crippen LogP contribution in [0.4, 0.5) is 0 Å². The average molecular weight is 292 g/mol. The summed E-state index contributed by atoms with van der Waals surface area (Å²) in [5.41, 5.74) is 1.25. The lowest BCUT2D eigenvalue weighted by Crippen LogP contribution is -2.09. The van der Waals surface area contributed by atoms with E-state index >= 15 is 0 Å². The van der Waals surface area contributed by atoms with E-state index in [4.69, 9.17) is 4.74 Å². The molecule has 2 N–H and O–H groups in total. The Morgan fingerprint density at radius 3 is 2.95 bits per heavy atom. The lowest BCUT2D eigenvalue weighted by molar-refractivity contribution is 0.203. The van der Waals surface area contributed by atoms with Gasteiger partial charge in [0.05, 0.1) is 13.2 Å². The van der Waals surface area contributed by atoms with Gasteiger partial charge in [-0.15, -0.1) is 0 Å². The zero-order valence-electron chi connectivity index (χ0n) is 11.3. The number of hydrogen-bond acceptors (Lipinski definition) is 5.